The van der Waals surface area contributed by atoms with Gasteiger partial charge in [0.1, 0.15) is 5.01 Å². The van der Waals surface area contributed by atoms with Gasteiger partial charge < -0.3 is 14.6 Å². The smallest absolute Gasteiger partial charge is 0.355 e. The van der Waals surface area contributed by atoms with Gasteiger partial charge >= 0.3 is 5.97 Å². The second-order valence-electron chi connectivity index (χ2n) is 4.74. The lowest BCUT2D eigenvalue weighted by Gasteiger charge is -2.13. The summed E-state index contributed by atoms with van der Waals surface area (Å²) in [5.41, 5.74) is 0.799. The molecule has 1 aromatic heterocycles. The summed E-state index contributed by atoms with van der Waals surface area (Å²) in [5.74, 6) is 0.212. The second-order valence-corrected chi connectivity index (χ2v) is 5.59. The Bertz CT molecular complexity index is 639. The van der Waals surface area contributed by atoms with Crippen LogP contribution in [0.2, 0.25) is 0 Å². The van der Waals surface area contributed by atoms with E-state index in [1.807, 2.05) is 18.2 Å². The van der Waals surface area contributed by atoms with E-state index in [1.165, 1.54) is 16.7 Å². The van der Waals surface area contributed by atoms with Crippen LogP contribution in [0.25, 0.3) is 10.6 Å². The Morgan fingerprint density at radius 3 is 2.82 bits per heavy atom. The first-order chi connectivity index (χ1) is 10.7. The molecular weight excluding hydrogens is 302 g/mol. The van der Waals surface area contributed by atoms with Crippen LogP contribution in [-0.4, -0.2) is 29.8 Å². The van der Waals surface area contributed by atoms with Crippen molar-refractivity contribution < 1.29 is 19.4 Å². The van der Waals surface area contributed by atoms with Crippen LogP contribution >= 0.6 is 11.3 Å². The SMILES string of the molecule is CCCCCOc1c(OC)cccc1-c1nc(C(=O)O)cs1. The summed E-state index contributed by atoms with van der Waals surface area (Å²) in [7, 11) is 1.59. The number of unbranched alkanes of at least 4 members (excludes halogenated alkanes) is 2. The van der Waals surface area contributed by atoms with Crippen molar-refractivity contribution in [1.82, 2.24) is 4.98 Å². The molecule has 1 N–H and O–H groups in total. The second kappa shape index (κ2) is 7.79. The Kier molecular flexibility index (Phi) is 5.77. The number of benzene rings is 1. The van der Waals surface area contributed by atoms with Crippen LogP contribution in [0.3, 0.4) is 0 Å². The number of para-hydroxylation sites is 1. The minimum atomic E-state index is -1.03. The highest BCUT2D eigenvalue weighted by atomic mass is 32.1. The highest BCUT2D eigenvalue weighted by Gasteiger charge is 2.17. The highest BCUT2D eigenvalue weighted by Crippen LogP contribution is 2.39. The summed E-state index contributed by atoms with van der Waals surface area (Å²) in [5, 5.41) is 11.1. The zero-order valence-corrected chi connectivity index (χ0v) is 13.5. The molecule has 0 radical (unpaired) electrons. The van der Waals surface area contributed by atoms with Crippen molar-refractivity contribution >= 4 is 17.3 Å². The normalized spacial score (nSPS) is 10.5. The van der Waals surface area contributed by atoms with Crippen LogP contribution in [0, 0.1) is 0 Å². The molecule has 5 nitrogen and oxygen atoms in total. The van der Waals surface area contributed by atoms with E-state index in [0.29, 0.717) is 23.1 Å². The van der Waals surface area contributed by atoms with Crippen LogP contribution in [-0.2, 0) is 0 Å². The quantitative estimate of drug-likeness (QED) is 0.742. The van der Waals surface area contributed by atoms with Crippen molar-refractivity contribution in [1.29, 1.82) is 0 Å². The largest absolute Gasteiger partial charge is 0.493 e. The molecule has 0 aliphatic carbocycles. The molecule has 0 bridgehead atoms. The Morgan fingerprint density at radius 2 is 2.18 bits per heavy atom. The minimum Gasteiger partial charge on any atom is -0.493 e. The summed E-state index contributed by atoms with van der Waals surface area (Å²) in [6.07, 6.45) is 3.19. The van der Waals surface area contributed by atoms with Crippen molar-refractivity contribution in [3.63, 3.8) is 0 Å². The fourth-order valence-corrected chi connectivity index (χ4v) is 2.83. The van der Waals surface area contributed by atoms with E-state index in [-0.39, 0.29) is 5.69 Å². The lowest BCUT2D eigenvalue weighted by molar-refractivity contribution is 0.0691. The molecule has 0 aliphatic heterocycles. The summed E-state index contributed by atoms with van der Waals surface area (Å²) >= 11 is 1.28. The molecule has 0 saturated heterocycles. The van der Waals surface area contributed by atoms with Crippen LogP contribution in [0.1, 0.15) is 36.7 Å². The predicted molar refractivity (Wildman–Crippen MR) is 86.1 cm³/mol. The first-order valence-electron chi connectivity index (χ1n) is 7.16. The molecule has 0 fully saturated rings. The van der Waals surface area contributed by atoms with Crippen molar-refractivity contribution in [2.75, 3.05) is 13.7 Å². The van der Waals surface area contributed by atoms with Gasteiger partial charge in [0.25, 0.3) is 0 Å². The van der Waals surface area contributed by atoms with E-state index in [0.717, 1.165) is 24.8 Å². The number of hydrogen-bond donors (Lipinski definition) is 1. The maximum atomic E-state index is 11.0. The number of rotatable bonds is 8. The number of nitrogens with zero attached hydrogens (tertiary/aromatic N) is 1. The zero-order chi connectivity index (χ0) is 15.9. The van der Waals surface area contributed by atoms with E-state index in [9.17, 15) is 4.79 Å². The van der Waals surface area contributed by atoms with E-state index in [1.54, 1.807) is 7.11 Å². The molecule has 0 spiro atoms. The summed E-state index contributed by atoms with van der Waals surface area (Å²) in [4.78, 5) is 15.1. The van der Waals surface area contributed by atoms with E-state index in [2.05, 4.69) is 11.9 Å². The van der Waals surface area contributed by atoms with Crippen LogP contribution in [0.15, 0.2) is 23.6 Å². The standard InChI is InChI=1S/C16H19NO4S/c1-3-4-5-9-21-14-11(7-6-8-13(14)20-2)15-17-12(10-22-15)16(18)19/h6-8,10H,3-5,9H2,1-2H3,(H,18,19). The monoisotopic (exact) mass is 321 g/mol. The first-order valence-corrected chi connectivity index (χ1v) is 8.04. The van der Waals surface area contributed by atoms with Gasteiger partial charge in [0.15, 0.2) is 17.2 Å². The molecule has 0 aliphatic rings. The molecule has 6 heteroatoms. The van der Waals surface area contributed by atoms with Crippen LogP contribution in [0.4, 0.5) is 0 Å². The van der Waals surface area contributed by atoms with E-state index < -0.39 is 5.97 Å². The fourth-order valence-electron chi connectivity index (χ4n) is 2.02. The van der Waals surface area contributed by atoms with Gasteiger partial charge in [-0.3, -0.25) is 0 Å². The predicted octanol–water partition coefficient (Wildman–Crippen LogP) is 4.09. The third-order valence-corrected chi connectivity index (χ3v) is 4.02. The van der Waals surface area contributed by atoms with Crippen molar-refractivity contribution in [2.45, 2.75) is 26.2 Å². The minimum absolute atomic E-state index is 0.0414. The molecule has 0 saturated carbocycles. The molecule has 1 heterocycles. The van der Waals surface area contributed by atoms with Crippen molar-refractivity contribution in [3.05, 3.63) is 29.3 Å². The van der Waals surface area contributed by atoms with Gasteiger partial charge in [-0.05, 0) is 18.6 Å². The van der Waals surface area contributed by atoms with Gasteiger partial charge in [-0.2, -0.15) is 0 Å². The van der Waals surface area contributed by atoms with Gasteiger partial charge in [-0.25, -0.2) is 9.78 Å². The Labute approximate surface area is 133 Å². The topological polar surface area (TPSA) is 68.7 Å². The van der Waals surface area contributed by atoms with Crippen molar-refractivity contribution in [2.24, 2.45) is 0 Å². The van der Waals surface area contributed by atoms with Crippen molar-refractivity contribution in [3.8, 4) is 22.1 Å². The average Bonchev–Trinajstić information content (AvgIpc) is 3.01. The number of aromatic carboxylic acids is 1. The number of ether oxygens (including phenoxy) is 2. The lowest BCUT2D eigenvalue weighted by Crippen LogP contribution is -2.01. The Morgan fingerprint density at radius 1 is 1.36 bits per heavy atom. The number of carbonyl (C=O) groups is 1. The number of carboxylic acid groups (broad SMARTS) is 1. The Hall–Kier alpha value is -2.08. The number of hydrogen-bond acceptors (Lipinski definition) is 5. The molecule has 22 heavy (non-hydrogen) atoms. The number of aromatic nitrogens is 1. The number of methoxy groups -OCH3 is 1. The lowest BCUT2D eigenvalue weighted by atomic mass is 10.2. The van der Waals surface area contributed by atoms with Gasteiger partial charge in [0, 0.05) is 5.38 Å². The Balaban J connectivity index is 2.30. The summed E-state index contributed by atoms with van der Waals surface area (Å²) in [6, 6.07) is 5.53. The van der Waals surface area contributed by atoms with Crippen LogP contribution < -0.4 is 9.47 Å². The summed E-state index contributed by atoms with van der Waals surface area (Å²) in [6.45, 7) is 2.73. The van der Waals surface area contributed by atoms with E-state index >= 15 is 0 Å². The number of thiazole rings is 1. The molecular formula is C16H19NO4S. The molecule has 118 valence electrons. The zero-order valence-electron chi connectivity index (χ0n) is 12.7. The number of carboxylic acids is 1. The molecule has 0 amide bonds. The molecule has 0 atom stereocenters. The van der Waals surface area contributed by atoms with E-state index in [4.69, 9.17) is 14.6 Å². The average molecular weight is 321 g/mol. The fraction of sp³-hybridized carbons (Fsp3) is 0.375. The van der Waals surface area contributed by atoms with Gasteiger partial charge in [-0.15, -0.1) is 11.3 Å². The molecule has 2 aromatic rings. The van der Waals surface area contributed by atoms with Gasteiger partial charge in [0.2, 0.25) is 0 Å². The van der Waals surface area contributed by atoms with Gasteiger partial charge in [0.05, 0.1) is 19.3 Å². The highest BCUT2D eigenvalue weighted by molar-refractivity contribution is 7.13. The maximum Gasteiger partial charge on any atom is 0.355 e. The molecule has 2 rings (SSSR count). The third-order valence-electron chi connectivity index (χ3n) is 3.15. The molecule has 1 aromatic carbocycles. The van der Waals surface area contributed by atoms with Gasteiger partial charge in [-0.1, -0.05) is 25.8 Å². The third kappa shape index (κ3) is 3.76. The summed E-state index contributed by atoms with van der Waals surface area (Å²) < 4.78 is 11.2. The maximum absolute atomic E-state index is 11.0. The molecule has 0 unspecified atom stereocenters. The van der Waals surface area contributed by atoms with Crippen LogP contribution in [0.5, 0.6) is 11.5 Å². The first kappa shape index (κ1) is 16.3.